The van der Waals surface area contributed by atoms with Crippen molar-refractivity contribution in [1.29, 1.82) is 0 Å². The zero-order valence-electron chi connectivity index (χ0n) is 11.7. The summed E-state index contributed by atoms with van der Waals surface area (Å²) in [5.41, 5.74) is 2.07. The second kappa shape index (κ2) is 7.27. The Hall–Kier alpha value is -2.58. The van der Waals surface area contributed by atoms with Gasteiger partial charge in [-0.2, -0.15) is 0 Å². The minimum Gasteiger partial charge on any atom is -0.472 e. The Balaban J connectivity index is 2.08. The number of aromatic nitrogens is 1. The van der Waals surface area contributed by atoms with Crippen LogP contribution >= 0.6 is 0 Å². The SMILES string of the molecule is CN(Cc1ccoc1)C(=O)c1cncc(C#CCCO)c1. The summed E-state index contributed by atoms with van der Waals surface area (Å²) in [4.78, 5) is 17.9. The number of aliphatic hydroxyl groups is 1. The predicted molar refractivity (Wildman–Crippen MR) is 77.3 cm³/mol. The Morgan fingerprint density at radius 3 is 3.05 bits per heavy atom. The molecule has 21 heavy (non-hydrogen) atoms. The maximum atomic E-state index is 12.3. The lowest BCUT2D eigenvalue weighted by Gasteiger charge is -2.16. The van der Waals surface area contributed by atoms with Gasteiger partial charge in [0.1, 0.15) is 0 Å². The summed E-state index contributed by atoms with van der Waals surface area (Å²) in [7, 11) is 1.72. The molecule has 0 saturated carbocycles. The fraction of sp³-hybridized carbons (Fsp3) is 0.250. The van der Waals surface area contributed by atoms with E-state index in [0.717, 1.165) is 5.56 Å². The van der Waals surface area contributed by atoms with Crippen LogP contribution in [0.2, 0.25) is 0 Å². The summed E-state index contributed by atoms with van der Waals surface area (Å²) in [5, 5.41) is 8.70. The second-order valence-electron chi connectivity index (χ2n) is 4.53. The van der Waals surface area contributed by atoms with Crippen LogP contribution in [0.4, 0.5) is 0 Å². The van der Waals surface area contributed by atoms with Gasteiger partial charge in [-0.1, -0.05) is 11.8 Å². The Morgan fingerprint density at radius 1 is 1.48 bits per heavy atom. The molecular formula is C16H16N2O3. The van der Waals surface area contributed by atoms with Crippen LogP contribution in [-0.2, 0) is 6.54 Å². The Morgan fingerprint density at radius 2 is 2.33 bits per heavy atom. The molecule has 0 bridgehead atoms. The molecule has 5 nitrogen and oxygen atoms in total. The fourth-order valence-electron chi connectivity index (χ4n) is 1.79. The molecule has 0 aromatic carbocycles. The summed E-state index contributed by atoms with van der Waals surface area (Å²) in [5.74, 6) is 5.54. The van der Waals surface area contributed by atoms with Crippen LogP contribution in [0.25, 0.3) is 0 Å². The van der Waals surface area contributed by atoms with Crippen molar-refractivity contribution in [1.82, 2.24) is 9.88 Å². The summed E-state index contributed by atoms with van der Waals surface area (Å²) in [6.07, 6.45) is 6.70. The molecule has 0 aliphatic rings. The van der Waals surface area contributed by atoms with Crippen molar-refractivity contribution < 1.29 is 14.3 Å². The summed E-state index contributed by atoms with van der Waals surface area (Å²) in [6.45, 7) is 0.488. The van der Waals surface area contributed by atoms with Crippen LogP contribution in [0.15, 0.2) is 41.5 Å². The summed E-state index contributed by atoms with van der Waals surface area (Å²) >= 11 is 0. The van der Waals surface area contributed by atoms with Gasteiger partial charge in [-0.25, -0.2) is 0 Å². The van der Waals surface area contributed by atoms with Gasteiger partial charge in [-0.15, -0.1) is 0 Å². The van der Waals surface area contributed by atoms with E-state index in [1.54, 1.807) is 36.7 Å². The molecule has 2 heterocycles. The topological polar surface area (TPSA) is 66.6 Å². The Bertz CT molecular complexity index is 654. The van der Waals surface area contributed by atoms with Crippen molar-refractivity contribution in [2.24, 2.45) is 0 Å². The molecule has 0 aliphatic carbocycles. The number of pyridine rings is 1. The highest BCUT2D eigenvalue weighted by Gasteiger charge is 2.13. The van der Waals surface area contributed by atoms with E-state index >= 15 is 0 Å². The molecule has 1 amide bonds. The van der Waals surface area contributed by atoms with E-state index in [1.165, 1.54) is 6.20 Å². The largest absolute Gasteiger partial charge is 0.472 e. The molecule has 2 rings (SSSR count). The Kier molecular flexibility index (Phi) is 5.13. The number of hydrogen-bond acceptors (Lipinski definition) is 4. The number of hydrogen-bond donors (Lipinski definition) is 1. The van der Waals surface area contributed by atoms with Crippen molar-refractivity contribution in [3.05, 3.63) is 53.7 Å². The first-order chi connectivity index (χ1) is 10.2. The van der Waals surface area contributed by atoms with E-state index < -0.39 is 0 Å². The fourth-order valence-corrected chi connectivity index (χ4v) is 1.79. The molecule has 1 N–H and O–H groups in total. The van der Waals surface area contributed by atoms with Crippen LogP contribution in [0.5, 0.6) is 0 Å². The van der Waals surface area contributed by atoms with Gasteiger partial charge < -0.3 is 14.4 Å². The summed E-state index contributed by atoms with van der Waals surface area (Å²) < 4.78 is 4.99. The van der Waals surface area contributed by atoms with Crippen LogP contribution in [0.3, 0.4) is 0 Å². The van der Waals surface area contributed by atoms with Crippen molar-refractivity contribution in [2.45, 2.75) is 13.0 Å². The molecule has 0 fully saturated rings. The lowest BCUT2D eigenvalue weighted by atomic mass is 10.2. The number of furan rings is 1. The van der Waals surface area contributed by atoms with Gasteiger partial charge >= 0.3 is 0 Å². The van der Waals surface area contributed by atoms with Gasteiger partial charge in [0.25, 0.3) is 5.91 Å². The first-order valence-corrected chi connectivity index (χ1v) is 6.52. The van der Waals surface area contributed by atoms with Gasteiger partial charge in [-0.3, -0.25) is 9.78 Å². The first-order valence-electron chi connectivity index (χ1n) is 6.52. The van der Waals surface area contributed by atoms with E-state index in [1.807, 2.05) is 6.07 Å². The molecule has 0 saturated heterocycles. The molecule has 0 unspecified atom stereocenters. The molecule has 0 atom stereocenters. The zero-order valence-corrected chi connectivity index (χ0v) is 11.7. The highest BCUT2D eigenvalue weighted by atomic mass is 16.3. The highest BCUT2D eigenvalue weighted by molar-refractivity contribution is 5.94. The van der Waals surface area contributed by atoms with Gasteiger partial charge in [0, 0.05) is 43.5 Å². The standard InChI is InChI=1S/C16H16N2O3/c1-18(11-14-5-7-21-12-14)16(20)15-8-13(9-17-10-15)4-2-3-6-19/h5,7-10,12,19H,3,6,11H2,1H3. The molecule has 5 heteroatoms. The molecule has 0 radical (unpaired) electrons. The first kappa shape index (κ1) is 14.8. The molecular weight excluding hydrogens is 268 g/mol. The zero-order chi connectivity index (χ0) is 15.1. The minimum absolute atomic E-state index is 0.0203. The number of aliphatic hydroxyl groups excluding tert-OH is 1. The van der Waals surface area contributed by atoms with Crippen molar-refractivity contribution in [3.63, 3.8) is 0 Å². The van der Waals surface area contributed by atoms with E-state index in [0.29, 0.717) is 24.1 Å². The van der Waals surface area contributed by atoms with E-state index in [9.17, 15) is 4.79 Å². The van der Waals surface area contributed by atoms with Crippen molar-refractivity contribution >= 4 is 5.91 Å². The lowest BCUT2D eigenvalue weighted by molar-refractivity contribution is 0.0784. The van der Waals surface area contributed by atoms with E-state index in [2.05, 4.69) is 16.8 Å². The number of carbonyl (C=O) groups excluding carboxylic acids is 1. The van der Waals surface area contributed by atoms with Crippen LogP contribution in [-0.4, -0.2) is 34.6 Å². The van der Waals surface area contributed by atoms with Gasteiger partial charge in [0.05, 0.1) is 24.7 Å². The van der Waals surface area contributed by atoms with Gasteiger partial charge in [0.2, 0.25) is 0 Å². The van der Waals surface area contributed by atoms with Crippen molar-refractivity contribution in [2.75, 3.05) is 13.7 Å². The molecule has 0 aliphatic heterocycles. The van der Waals surface area contributed by atoms with Gasteiger partial charge in [-0.05, 0) is 12.1 Å². The predicted octanol–water partition coefficient (Wildman–Crippen LogP) is 1.68. The second-order valence-corrected chi connectivity index (χ2v) is 4.53. The molecule has 0 spiro atoms. The maximum Gasteiger partial charge on any atom is 0.255 e. The maximum absolute atomic E-state index is 12.3. The molecule has 2 aromatic rings. The number of amides is 1. The lowest BCUT2D eigenvalue weighted by Crippen LogP contribution is -2.26. The smallest absolute Gasteiger partial charge is 0.255 e. The van der Waals surface area contributed by atoms with Crippen LogP contribution in [0, 0.1) is 11.8 Å². The minimum atomic E-state index is -0.130. The average molecular weight is 284 g/mol. The Labute approximate surface area is 123 Å². The quantitative estimate of drug-likeness (QED) is 0.867. The van der Waals surface area contributed by atoms with E-state index in [4.69, 9.17) is 9.52 Å². The summed E-state index contributed by atoms with van der Waals surface area (Å²) in [6, 6.07) is 3.52. The van der Waals surface area contributed by atoms with Crippen LogP contribution < -0.4 is 0 Å². The third-order valence-electron chi connectivity index (χ3n) is 2.80. The number of nitrogens with zero attached hydrogens (tertiary/aromatic N) is 2. The third-order valence-corrected chi connectivity index (χ3v) is 2.80. The normalized spacial score (nSPS) is 9.81. The average Bonchev–Trinajstić information content (AvgIpc) is 3.00. The number of rotatable bonds is 4. The van der Waals surface area contributed by atoms with E-state index in [-0.39, 0.29) is 12.5 Å². The van der Waals surface area contributed by atoms with Gasteiger partial charge in [0.15, 0.2) is 0 Å². The van der Waals surface area contributed by atoms with Crippen molar-refractivity contribution in [3.8, 4) is 11.8 Å². The third kappa shape index (κ3) is 4.20. The molecule has 2 aromatic heterocycles. The number of carbonyl (C=O) groups is 1. The molecule has 108 valence electrons. The van der Waals surface area contributed by atoms with Crippen LogP contribution in [0.1, 0.15) is 27.9 Å². The monoisotopic (exact) mass is 284 g/mol. The highest BCUT2D eigenvalue weighted by Crippen LogP contribution is 2.09.